The van der Waals surface area contributed by atoms with E-state index in [1.54, 1.807) is 19.1 Å². The summed E-state index contributed by atoms with van der Waals surface area (Å²) in [6.07, 6.45) is 0.231. The van der Waals surface area contributed by atoms with Crippen molar-refractivity contribution in [3.8, 4) is 11.5 Å². The summed E-state index contributed by atoms with van der Waals surface area (Å²) in [6.45, 7) is 1.67. The van der Waals surface area contributed by atoms with Crippen molar-refractivity contribution in [2.45, 2.75) is 25.9 Å². The highest BCUT2D eigenvalue weighted by atomic mass is 19.1. The molecule has 1 aromatic heterocycles. The van der Waals surface area contributed by atoms with Crippen molar-refractivity contribution in [1.82, 2.24) is 10.2 Å². The van der Waals surface area contributed by atoms with Crippen molar-refractivity contribution in [2.24, 2.45) is 0 Å². The summed E-state index contributed by atoms with van der Waals surface area (Å²) in [7, 11) is 0. The first-order valence-corrected chi connectivity index (χ1v) is 7.94. The molecule has 0 unspecified atom stereocenters. The fourth-order valence-corrected chi connectivity index (χ4v) is 2.31. The first kappa shape index (κ1) is 16.8. The number of halogens is 1. The second-order valence-corrected chi connectivity index (χ2v) is 5.57. The molecule has 3 aromatic rings. The Kier molecular flexibility index (Phi) is 5.18. The zero-order valence-corrected chi connectivity index (χ0v) is 13.7. The quantitative estimate of drug-likeness (QED) is 0.632. The minimum absolute atomic E-state index is 0.201. The summed E-state index contributed by atoms with van der Waals surface area (Å²) in [5.41, 5.74) is 1.67. The van der Waals surface area contributed by atoms with E-state index in [4.69, 9.17) is 9.15 Å². The van der Waals surface area contributed by atoms with Crippen LogP contribution in [0.5, 0.6) is 0 Å². The van der Waals surface area contributed by atoms with Gasteiger partial charge in [0.2, 0.25) is 5.89 Å². The fraction of sp³-hybridized carbons (Fsp3) is 0.211. The van der Waals surface area contributed by atoms with Gasteiger partial charge in [0.1, 0.15) is 5.82 Å². The molecule has 0 saturated heterocycles. The van der Waals surface area contributed by atoms with Gasteiger partial charge >= 0.3 is 5.97 Å². The maximum absolute atomic E-state index is 13.0. The zero-order valence-electron chi connectivity index (χ0n) is 13.7. The van der Waals surface area contributed by atoms with Gasteiger partial charge in [-0.3, -0.25) is 4.79 Å². The van der Waals surface area contributed by atoms with Crippen LogP contribution in [0.4, 0.5) is 4.39 Å². The number of rotatable bonds is 6. The SMILES string of the molecule is C[C@@H](OC(=O)CCc1ccccc1)c1nnc(-c2ccc(F)cc2)o1. The normalized spacial score (nSPS) is 11.9. The molecule has 0 amide bonds. The Morgan fingerprint density at radius 1 is 1.12 bits per heavy atom. The molecule has 3 rings (SSSR count). The van der Waals surface area contributed by atoms with Gasteiger partial charge in [-0.2, -0.15) is 0 Å². The molecule has 5 nitrogen and oxygen atoms in total. The van der Waals surface area contributed by atoms with Gasteiger partial charge in [0.15, 0.2) is 6.10 Å². The molecular formula is C19H17FN2O3. The smallest absolute Gasteiger partial charge is 0.306 e. The van der Waals surface area contributed by atoms with E-state index in [9.17, 15) is 9.18 Å². The van der Waals surface area contributed by atoms with Crippen LogP contribution in [0.15, 0.2) is 59.0 Å². The minimum Gasteiger partial charge on any atom is -0.453 e. The van der Waals surface area contributed by atoms with E-state index in [2.05, 4.69) is 10.2 Å². The highest BCUT2D eigenvalue weighted by Crippen LogP contribution is 2.23. The van der Waals surface area contributed by atoms with E-state index in [1.807, 2.05) is 30.3 Å². The molecule has 0 aliphatic heterocycles. The van der Waals surface area contributed by atoms with Gasteiger partial charge in [0.25, 0.3) is 5.89 Å². The van der Waals surface area contributed by atoms with Crippen LogP contribution in [0.3, 0.4) is 0 Å². The van der Waals surface area contributed by atoms with Crippen molar-refractivity contribution in [3.05, 3.63) is 71.9 Å². The average molecular weight is 340 g/mol. The number of aryl methyl sites for hydroxylation is 1. The van der Waals surface area contributed by atoms with Crippen LogP contribution in [0.25, 0.3) is 11.5 Å². The Morgan fingerprint density at radius 3 is 2.56 bits per heavy atom. The molecule has 0 aliphatic carbocycles. The predicted octanol–water partition coefficient (Wildman–Crippen LogP) is 4.11. The molecule has 1 atom stereocenters. The van der Waals surface area contributed by atoms with Crippen LogP contribution < -0.4 is 0 Å². The number of nitrogens with zero attached hydrogens (tertiary/aromatic N) is 2. The van der Waals surface area contributed by atoms with Crippen molar-refractivity contribution < 1.29 is 18.3 Å². The molecule has 0 bridgehead atoms. The molecule has 2 aromatic carbocycles. The maximum Gasteiger partial charge on any atom is 0.306 e. The van der Waals surface area contributed by atoms with E-state index in [1.165, 1.54) is 12.1 Å². The van der Waals surface area contributed by atoms with Crippen LogP contribution in [0.1, 0.15) is 30.9 Å². The number of carbonyl (C=O) groups is 1. The van der Waals surface area contributed by atoms with E-state index in [0.717, 1.165) is 5.56 Å². The van der Waals surface area contributed by atoms with Gasteiger partial charge in [0, 0.05) is 12.0 Å². The minimum atomic E-state index is -0.648. The van der Waals surface area contributed by atoms with Crippen molar-refractivity contribution in [2.75, 3.05) is 0 Å². The molecule has 25 heavy (non-hydrogen) atoms. The topological polar surface area (TPSA) is 65.2 Å². The number of ether oxygens (including phenoxy) is 1. The van der Waals surface area contributed by atoms with Gasteiger partial charge in [-0.05, 0) is 43.2 Å². The number of benzene rings is 2. The third-order valence-corrected chi connectivity index (χ3v) is 3.65. The van der Waals surface area contributed by atoms with Crippen molar-refractivity contribution in [1.29, 1.82) is 0 Å². The van der Waals surface area contributed by atoms with Gasteiger partial charge < -0.3 is 9.15 Å². The third kappa shape index (κ3) is 4.50. The summed E-state index contributed by atoms with van der Waals surface area (Å²) in [4.78, 5) is 12.0. The Morgan fingerprint density at radius 2 is 1.84 bits per heavy atom. The molecular weight excluding hydrogens is 323 g/mol. The lowest BCUT2D eigenvalue weighted by Gasteiger charge is -2.09. The van der Waals surface area contributed by atoms with Crippen LogP contribution in [-0.4, -0.2) is 16.2 Å². The van der Waals surface area contributed by atoms with Crippen molar-refractivity contribution in [3.63, 3.8) is 0 Å². The van der Waals surface area contributed by atoms with E-state index in [-0.39, 0.29) is 30.0 Å². The average Bonchev–Trinajstić information content (AvgIpc) is 3.12. The second-order valence-electron chi connectivity index (χ2n) is 5.57. The third-order valence-electron chi connectivity index (χ3n) is 3.65. The van der Waals surface area contributed by atoms with Crippen LogP contribution >= 0.6 is 0 Å². The lowest BCUT2D eigenvalue weighted by Crippen LogP contribution is -2.10. The summed E-state index contributed by atoms with van der Waals surface area (Å²) < 4.78 is 23.8. The number of hydrogen-bond acceptors (Lipinski definition) is 5. The molecule has 6 heteroatoms. The molecule has 128 valence electrons. The maximum atomic E-state index is 13.0. The van der Waals surface area contributed by atoms with E-state index < -0.39 is 6.10 Å². The Bertz CT molecular complexity index is 831. The first-order valence-electron chi connectivity index (χ1n) is 7.94. The highest BCUT2D eigenvalue weighted by molar-refractivity contribution is 5.70. The monoisotopic (exact) mass is 340 g/mol. The lowest BCUT2D eigenvalue weighted by molar-refractivity contribution is -0.149. The lowest BCUT2D eigenvalue weighted by atomic mass is 10.1. The first-order chi connectivity index (χ1) is 12.1. The summed E-state index contributed by atoms with van der Waals surface area (Å²) in [6, 6.07) is 15.4. The van der Waals surface area contributed by atoms with Crippen LogP contribution in [0.2, 0.25) is 0 Å². The highest BCUT2D eigenvalue weighted by Gasteiger charge is 2.19. The van der Waals surface area contributed by atoms with Crippen molar-refractivity contribution >= 4 is 5.97 Å². The number of esters is 1. The Balaban J connectivity index is 1.57. The fourth-order valence-electron chi connectivity index (χ4n) is 2.31. The zero-order chi connectivity index (χ0) is 17.6. The predicted molar refractivity (Wildman–Crippen MR) is 89.0 cm³/mol. The number of aromatic nitrogens is 2. The Labute approximate surface area is 144 Å². The Hall–Kier alpha value is -3.02. The largest absolute Gasteiger partial charge is 0.453 e. The van der Waals surface area contributed by atoms with Gasteiger partial charge in [-0.1, -0.05) is 30.3 Å². The molecule has 0 radical (unpaired) electrons. The van der Waals surface area contributed by atoms with E-state index >= 15 is 0 Å². The summed E-state index contributed by atoms with van der Waals surface area (Å²) in [5, 5.41) is 7.81. The van der Waals surface area contributed by atoms with Crippen LogP contribution in [-0.2, 0) is 16.0 Å². The van der Waals surface area contributed by atoms with Gasteiger partial charge in [0.05, 0.1) is 0 Å². The van der Waals surface area contributed by atoms with E-state index in [0.29, 0.717) is 12.0 Å². The summed E-state index contributed by atoms with van der Waals surface area (Å²) >= 11 is 0. The molecule has 1 heterocycles. The molecule has 0 saturated carbocycles. The second kappa shape index (κ2) is 7.70. The summed E-state index contributed by atoms with van der Waals surface area (Å²) in [5.74, 6) is -0.225. The standard InChI is InChI=1S/C19H17FN2O3/c1-13(24-17(23)12-7-14-5-3-2-4-6-14)18-21-22-19(25-18)15-8-10-16(20)11-9-15/h2-6,8-11,13H,7,12H2,1H3/t13-/m1/s1. The number of carbonyl (C=O) groups excluding carboxylic acids is 1. The van der Waals surface area contributed by atoms with Gasteiger partial charge in [-0.25, -0.2) is 4.39 Å². The molecule has 0 spiro atoms. The molecule has 0 fully saturated rings. The number of hydrogen-bond donors (Lipinski definition) is 0. The van der Waals surface area contributed by atoms with Crippen LogP contribution in [0, 0.1) is 5.82 Å². The molecule has 0 aliphatic rings. The molecule has 0 N–H and O–H groups in total. The van der Waals surface area contributed by atoms with Gasteiger partial charge in [-0.15, -0.1) is 10.2 Å².